The van der Waals surface area contributed by atoms with Gasteiger partial charge in [0.2, 0.25) is 5.58 Å². The second-order valence-corrected chi connectivity index (χ2v) is 13.6. The maximum atomic E-state index is 12.7. The molecule has 5 aromatic carbocycles. The molecule has 0 amide bonds. The number of rotatable bonds is 5. The van der Waals surface area contributed by atoms with Crippen molar-refractivity contribution in [2.75, 3.05) is 4.90 Å². The Balaban J connectivity index is 0.000000891. The van der Waals surface area contributed by atoms with E-state index in [-0.39, 0.29) is 45.2 Å². The molecule has 9 rings (SSSR count). The maximum absolute atomic E-state index is 12.7. The van der Waals surface area contributed by atoms with Gasteiger partial charge in [0.25, 0.3) is 5.52 Å². The van der Waals surface area contributed by atoms with Gasteiger partial charge in [-0.25, -0.2) is 15.5 Å². The van der Waals surface area contributed by atoms with Crippen molar-refractivity contribution >= 4 is 98.1 Å². The Kier molecular flexibility index (Phi) is 10.0. The molecule has 3 aromatic heterocycles. The van der Waals surface area contributed by atoms with Gasteiger partial charge in [0.15, 0.2) is 21.8 Å². The summed E-state index contributed by atoms with van der Waals surface area (Å²) in [5, 5.41) is 2.74. The third kappa shape index (κ3) is 6.96. The van der Waals surface area contributed by atoms with Crippen LogP contribution in [0.2, 0.25) is 0 Å². The Morgan fingerprint density at radius 3 is 2.00 bits per heavy atom. The number of ether oxygens (including phenoxy) is 1. The fourth-order valence-corrected chi connectivity index (χ4v) is 7.02. The minimum absolute atomic E-state index is 0. The summed E-state index contributed by atoms with van der Waals surface area (Å²) in [7, 11) is -3.98. The van der Waals surface area contributed by atoms with Gasteiger partial charge in [0.1, 0.15) is 22.3 Å². The van der Waals surface area contributed by atoms with Crippen molar-refractivity contribution in [3.8, 4) is 5.75 Å². The first-order chi connectivity index (χ1) is 26.0. The van der Waals surface area contributed by atoms with E-state index in [9.17, 15) is 13.0 Å². The summed E-state index contributed by atoms with van der Waals surface area (Å²) in [4.78, 5) is 1.65. The third-order valence-corrected chi connectivity index (χ3v) is 9.42. The van der Waals surface area contributed by atoms with Gasteiger partial charge in [-0.15, -0.1) is 17.2 Å². The van der Waals surface area contributed by atoms with Crippen LogP contribution >= 0.6 is 0 Å². The number of hydrogen-bond acceptors (Lipinski definition) is 11. The monoisotopic (exact) mass is 784 g/mol. The predicted molar refractivity (Wildman–Crippen MR) is 206 cm³/mol. The van der Waals surface area contributed by atoms with Gasteiger partial charge in [0.05, 0.1) is 17.8 Å². The summed E-state index contributed by atoms with van der Waals surface area (Å²) < 4.78 is 89.5. The van der Waals surface area contributed by atoms with Crippen LogP contribution in [0.15, 0.2) is 146 Å². The number of para-hydroxylation sites is 2. The van der Waals surface area contributed by atoms with Crippen LogP contribution in [-0.4, -0.2) is 25.6 Å². The van der Waals surface area contributed by atoms with Crippen LogP contribution in [0.25, 0.3) is 71.7 Å². The number of furan rings is 2. The summed E-state index contributed by atoms with van der Waals surface area (Å²) in [6.45, 7) is 3.47. The van der Waals surface area contributed by atoms with Gasteiger partial charge >= 0.3 is 51.1 Å². The molecule has 0 unspecified atom stereocenters. The minimum atomic E-state index is -5.11. The molecule has 0 spiro atoms. The predicted octanol–water partition coefficient (Wildman–Crippen LogP) is 5.61. The molecule has 1 aliphatic rings. The number of oxazole rings is 1. The van der Waals surface area contributed by atoms with E-state index in [0.29, 0.717) is 45.2 Å². The fourth-order valence-electron chi connectivity index (χ4n) is 6.42. The van der Waals surface area contributed by atoms with E-state index in [1.807, 2.05) is 91.0 Å². The minimum Gasteiger partial charge on any atom is -0.739 e. The molecule has 0 radical (unpaired) electrons. The largest absolute Gasteiger partial charge is 1.00 e. The molecular weight excluding hydrogens is 756 g/mol. The quantitative estimate of drug-likeness (QED) is 0.0701. The van der Waals surface area contributed by atoms with E-state index in [1.54, 1.807) is 29.2 Å². The standard InChI is InChI=1S/C40H24N2O7S.Na.O3S.3H2/c1-3-11-40(50(43,44)45)42-31-23-35-29(27-15-8-10-17-33(27)47-35)21-37(31)49-39(42)19-25(24-12-5-4-6-13-24)18-38-41(2)30-22-34-28(20-36(30)48-38)26-14-7-9-16-32(26)46-34;;1-4(2)3;;;/h4-10,12-23H,1-2H2,(H,43,44,45);;;3*1H/q;+1;;;;/p-1. The van der Waals surface area contributed by atoms with Crippen molar-refractivity contribution < 1.29 is 82.0 Å². The molecule has 8 aromatic rings. The Labute approximate surface area is 340 Å². The van der Waals surface area contributed by atoms with Crippen LogP contribution in [-0.2, 0) is 20.7 Å². The van der Waals surface area contributed by atoms with Crippen molar-refractivity contribution in [3.63, 3.8) is 0 Å². The van der Waals surface area contributed by atoms with Crippen molar-refractivity contribution in [1.29, 1.82) is 0 Å². The van der Waals surface area contributed by atoms with E-state index >= 15 is 0 Å². The summed E-state index contributed by atoms with van der Waals surface area (Å²) in [6, 6.07) is 31.9. The normalized spacial score (nSPS) is 13.3. The van der Waals surface area contributed by atoms with Crippen molar-refractivity contribution in [3.05, 3.63) is 152 Å². The average molecular weight is 785 g/mol. The molecule has 55 heavy (non-hydrogen) atoms. The molecule has 0 atom stereocenters. The SMILES string of the molecule is C=C=C=C([n+]1c(C=C(C=C2Oc3cc4c(cc3N2[CH2-])oc2ccccc24)c2ccccc2)oc2cc3c(cc21)oc1ccccc13)S(=O)(=O)[O-].O=S(=O)=O.[HH].[HH].[HH].[Na+]. The number of benzene rings is 5. The Bertz CT molecular complexity index is 3250. The first kappa shape index (κ1) is 37.4. The molecule has 15 heteroatoms. The number of hydrogen-bond donors (Lipinski definition) is 0. The van der Waals surface area contributed by atoms with Crippen molar-refractivity contribution in [2.45, 2.75) is 0 Å². The second-order valence-electron chi connectivity index (χ2n) is 11.8. The molecule has 12 nitrogen and oxygen atoms in total. The Morgan fingerprint density at radius 2 is 1.38 bits per heavy atom. The third-order valence-electron chi connectivity index (χ3n) is 8.66. The molecule has 1 aliphatic heterocycles. The number of fused-ring (bicyclic) bond motifs is 8. The van der Waals surface area contributed by atoms with Crippen LogP contribution < -0.4 is 43.8 Å². The van der Waals surface area contributed by atoms with Gasteiger partial charge in [-0.3, -0.25) is 0 Å². The smallest absolute Gasteiger partial charge is 0.739 e. The fraction of sp³-hybridized carbons (Fsp3) is 0. The summed E-state index contributed by atoms with van der Waals surface area (Å²) in [5.41, 5.74) is 9.86. The topological polar surface area (TPSA) is 164 Å². The summed E-state index contributed by atoms with van der Waals surface area (Å²) >= 11 is 0. The first-order valence-corrected chi connectivity index (χ1v) is 18.3. The average Bonchev–Trinajstić information content (AvgIpc) is 3.88. The zero-order valence-corrected chi connectivity index (χ0v) is 32.3. The maximum Gasteiger partial charge on any atom is 1.00 e. The second kappa shape index (κ2) is 14.7. The first-order valence-electron chi connectivity index (χ1n) is 15.9. The molecule has 0 fully saturated rings. The molecule has 0 bridgehead atoms. The van der Waals surface area contributed by atoms with Gasteiger partial charge in [0, 0.05) is 43.7 Å². The van der Waals surface area contributed by atoms with Crippen LogP contribution in [0.5, 0.6) is 5.75 Å². The number of allylic oxidation sites excluding steroid dienone is 2. The molecular formula is C40H29N2NaO10S2. The van der Waals surface area contributed by atoms with E-state index in [0.717, 1.165) is 32.7 Å². The number of nitrogens with zero attached hydrogens (tertiary/aromatic N) is 2. The van der Waals surface area contributed by atoms with Crippen molar-refractivity contribution in [1.82, 2.24) is 0 Å². The van der Waals surface area contributed by atoms with Gasteiger partial charge in [-0.05, 0) is 42.0 Å². The van der Waals surface area contributed by atoms with Crippen LogP contribution in [0.4, 0.5) is 5.69 Å². The van der Waals surface area contributed by atoms with Gasteiger partial charge < -0.3 is 27.4 Å². The summed E-state index contributed by atoms with van der Waals surface area (Å²) in [5.74, 6) is 0.988. The molecule has 0 saturated carbocycles. The van der Waals surface area contributed by atoms with Gasteiger partial charge in [-0.1, -0.05) is 72.5 Å². The number of anilines is 1. The van der Waals surface area contributed by atoms with E-state index < -0.39 is 25.8 Å². The molecule has 0 N–H and O–H groups in total. The zero-order chi connectivity index (χ0) is 37.7. The van der Waals surface area contributed by atoms with Crippen LogP contribution in [0.1, 0.15) is 15.7 Å². The molecule has 272 valence electrons. The molecule has 0 aliphatic carbocycles. The Morgan fingerprint density at radius 1 is 0.800 bits per heavy atom. The number of aromatic nitrogens is 1. The van der Waals surface area contributed by atoms with Crippen LogP contribution in [0.3, 0.4) is 0 Å². The van der Waals surface area contributed by atoms with Crippen molar-refractivity contribution in [2.24, 2.45) is 0 Å². The molecule has 4 heterocycles. The van der Waals surface area contributed by atoms with E-state index in [4.69, 9.17) is 30.6 Å². The zero-order valence-electron chi connectivity index (χ0n) is 28.7. The Hall–Kier alpha value is -5.92. The van der Waals surface area contributed by atoms with E-state index in [2.05, 4.69) is 25.1 Å². The van der Waals surface area contributed by atoms with Crippen LogP contribution in [0, 0.1) is 7.05 Å². The van der Waals surface area contributed by atoms with E-state index in [1.165, 1.54) is 4.57 Å². The molecule has 0 saturated heterocycles. The van der Waals surface area contributed by atoms with Gasteiger partial charge in [-0.2, -0.15) is 0 Å². The summed E-state index contributed by atoms with van der Waals surface area (Å²) in [6.07, 6.45) is 3.38.